The molecule has 36 heavy (non-hydrogen) atoms. The fourth-order valence-corrected chi connectivity index (χ4v) is 4.55. The van der Waals surface area contributed by atoms with Gasteiger partial charge in [0.1, 0.15) is 11.2 Å². The molecule has 0 aliphatic carbocycles. The van der Waals surface area contributed by atoms with Crippen molar-refractivity contribution in [3.63, 3.8) is 0 Å². The Bertz CT molecular complexity index is 1100. The van der Waals surface area contributed by atoms with E-state index in [9.17, 15) is 22.8 Å². The molecule has 0 saturated carbocycles. The SMILES string of the molecule is COC(=O)c1cc(S(C)(=O)=O)c(N2CCC(NC(=O)OC(C)(C)C)CC2)cc1NC(=O)OC(C)(C)C. The van der Waals surface area contributed by atoms with Gasteiger partial charge in [-0.25, -0.2) is 22.8 Å². The van der Waals surface area contributed by atoms with Crippen molar-refractivity contribution in [1.82, 2.24) is 5.32 Å². The monoisotopic (exact) mass is 527 g/mol. The smallest absolute Gasteiger partial charge is 0.412 e. The average molecular weight is 528 g/mol. The number of esters is 1. The zero-order valence-corrected chi connectivity index (χ0v) is 23.0. The highest BCUT2D eigenvalue weighted by molar-refractivity contribution is 7.90. The van der Waals surface area contributed by atoms with Crippen molar-refractivity contribution < 1.29 is 37.0 Å². The number of alkyl carbamates (subject to hydrolysis) is 1. The summed E-state index contributed by atoms with van der Waals surface area (Å²) in [5.41, 5.74) is -1.13. The summed E-state index contributed by atoms with van der Waals surface area (Å²) in [7, 11) is -2.59. The van der Waals surface area contributed by atoms with Crippen LogP contribution in [-0.4, -0.2) is 70.3 Å². The third kappa shape index (κ3) is 8.58. The largest absolute Gasteiger partial charge is 0.465 e. The topological polar surface area (TPSA) is 140 Å². The molecule has 2 N–H and O–H groups in total. The highest BCUT2D eigenvalue weighted by Gasteiger charge is 2.29. The zero-order chi connectivity index (χ0) is 27.5. The maximum absolute atomic E-state index is 12.7. The van der Waals surface area contributed by atoms with Crippen molar-refractivity contribution in [3.05, 3.63) is 17.7 Å². The number of piperidine rings is 1. The van der Waals surface area contributed by atoms with Gasteiger partial charge in [-0.05, 0) is 66.5 Å². The molecule has 12 heteroatoms. The van der Waals surface area contributed by atoms with Crippen molar-refractivity contribution in [3.8, 4) is 0 Å². The minimum atomic E-state index is -3.76. The number of rotatable bonds is 5. The molecule has 1 aliphatic heterocycles. The number of hydrogen-bond acceptors (Lipinski definition) is 9. The summed E-state index contributed by atoms with van der Waals surface area (Å²) in [6, 6.07) is 2.49. The minimum Gasteiger partial charge on any atom is -0.465 e. The van der Waals surface area contributed by atoms with Gasteiger partial charge >= 0.3 is 18.2 Å². The standard InChI is InChI=1S/C24H37N3O8S/c1-23(2,3)34-21(29)25-15-9-11-27(12-10-15)18-14-17(26-22(30)35-24(4,5)6)16(20(28)33-7)13-19(18)36(8,31)32/h13-15H,9-12H2,1-8H3,(H,25,29)(H,26,30). The predicted octanol–water partition coefficient (Wildman–Crippen LogP) is 3.72. The second-order valence-corrected chi connectivity index (χ2v) is 12.6. The van der Waals surface area contributed by atoms with Crippen LogP contribution in [0.1, 0.15) is 64.7 Å². The number of sulfone groups is 1. The van der Waals surface area contributed by atoms with Gasteiger partial charge in [-0.2, -0.15) is 0 Å². The minimum absolute atomic E-state index is 0.0625. The number of ether oxygens (including phenoxy) is 3. The first kappa shape index (κ1) is 29.2. The van der Waals surface area contributed by atoms with Gasteiger partial charge in [-0.3, -0.25) is 5.32 Å². The Hall–Kier alpha value is -3.02. The lowest BCUT2D eigenvalue weighted by Crippen LogP contribution is -2.46. The van der Waals surface area contributed by atoms with E-state index in [0.717, 1.165) is 13.4 Å². The van der Waals surface area contributed by atoms with Crippen LogP contribution >= 0.6 is 0 Å². The summed E-state index contributed by atoms with van der Waals surface area (Å²) in [4.78, 5) is 38.8. The molecule has 1 aliphatic rings. The molecular weight excluding hydrogens is 490 g/mol. The molecule has 11 nitrogen and oxygen atoms in total. The van der Waals surface area contributed by atoms with Crippen molar-refractivity contribution >= 4 is 39.4 Å². The molecule has 2 amide bonds. The predicted molar refractivity (Wildman–Crippen MR) is 135 cm³/mol. The summed E-state index contributed by atoms with van der Waals surface area (Å²) in [6.45, 7) is 11.3. The summed E-state index contributed by atoms with van der Waals surface area (Å²) in [5, 5.41) is 5.38. The van der Waals surface area contributed by atoms with Crippen LogP contribution in [0.25, 0.3) is 0 Å². The van der Waals surface area contributed by atoms with Gasteiger partial charge in [0.2, 0.25) is 0 Å². The zero-order valence-electron chi connectivity index (χ0n) is 22.2. The highest BCUT2D eigenvalue weighted by Crippen LogP contribution is 2.34. The van der Waals surface area contributed by atoms with Crippen LogP contribution in [0.2, 0.25) is 0 Å². The van der Waals surface area contributed by atoms with E-state index >= 15 is 0 Å². The van der Waals surface area contributed by atoms with E-state index in [4.69, 9.17) is 14.2 Å². The van der Waals surface area contributed by atoms with Crippen molar-refractivity contribution in [1.29, 1.82) is 0 Å². The second kappa shape index (κ2) is 10.9. The molecule has 202 valence electrons. The Morgan fingerprint density at radius 3 is 1.94 bits per heavy atom. The third-order valence-corrected chi connectivity index (χ3v) is 6.22. The molecule has 1 aromatic rings. The molecule has 0 radical (unpaired) electrons. The van der Waals surface area contributed by atoms with Crippen LogP contribution in [0.15, 0.2) is 17.0 Å². The first-order valence-corrected chi connectivity index (χ1v) is 13.5. The lowest BCUT2D eigenvalue weighted by Gasteiger charge is -2.35. The van der Waals surface area contributed by atoms with Gasteiger partial charge in [0.05, 0.1) is 28.9 Å². The summed E-state index contributed by atoms with van der Waals surface area (Å²) < 4.78 is 40.7. The molecule has 1 fully saturated rings. The van der Waals surface area contributed by atoms with Crippen molar-refractivity contribution in [2.24, 2.45) is 0 Å². The van der Waals surface area contributed by atoms with Gasteiger partial charge in [0.15, 0.2) is 9.84 Å². The van der Waals surface area contributed by atoms with Crippen LogP contribution in [0.4, 0.5) is 21.0 Å². The molecule has 1 heterocycles. The number of carbonyl (C=O) groups excluding carboxylic acids is 3. The fourth-order valence-electron chi connectivity index (χ4n) is 3.65. The number of anilines is 2. The van der Waals surface area contributed by atoms with Crippen LogP contribution in [0, 0.1) is 0 Å². The number of methoxy groups -OCH3 is 1. The van der Waals surface area contributed by atoms with Crippen molar-refractivity contribution in [2.75, 3.05) is 36.7 Å². The lowest BCUT2D eigenvalue weighted by molar-refractivity contribution is 0.0495. The molecule has 0 unspecified atom stereocenters. The molecule has 0 bridgehead atoms. The Labute approximate surface area is 212 Å². The van der Waals surface area contributed by atoms with Crippen molar-refractivity contribution in [2.45, 2.75) is 76.5 Å². The normalized spacial score (nSPS) is 15.2. The van der Waals surface area contributed by atoms with E-state index < -0.39 is 39.2 Å². The Balaban J connectivity index is 2.36. The molecule has 1 saturated heterocycles. The fraction of sp³-hybridized carbons (Fsp3) is 0.625. The van der Waals surface area contributed by atoms with E-state index in [1.54, 1.807) is 41.5 Å². The number of carbonyl (C=O) groups is 3. The Kier molecular flexibility index (Phi) is 8.87. The first-order valence-electron chi connectivity index (χ1n) is 11.6. The maximum atomic E-state index is 12.7. The molecule has 0 spiro atoms. The van der Waals surface area contributed by atoms with E-state index in [-0.39, 0.29) is 22.2 Å². The van der Waals surface area contributed by atoms with Crippen LogP contribution < -0.4 is 15.5 Å². The Morgan fingerprint density at radius 2 is 1.47 bits per heavy atom. The summed E-state index contributed by atoms with van der Waals surface area (Å²) >= 11 is 0. The number of nitrogens with zero attached hydrogens (tertiary/aromatic N) is 1. The molecule has 0 aromatic heterocycles. The third-order valence-electron chi connectivity index (χ3n) is 5.10. The van der Waals surface area contributed by atoms with E-state index in [1.165, 1.54) is 12.1 Å². The van der Waals surface area contributed by atoms with E-state index in [2.05, 4.69) is 10.6 Å². The van der Waals surface area contributed by atoms with Gasteiger partial charge in [0, 0.05) is 25.4 Å². The number of amides is 2. The number of hydrogen-bond donors (Lipinski definition) is 2. The van der Waals surface area contributed by atoms with E-state index in [0.29, 0.717) is 31.6 Å². The maximum Gasteiger partial charge on any atom is 0.412 e. The summed E-state index contributed by atoms with van der Waals surface area (Å²) in [5.74, 6) is -0.808. The summed E-state index contributed by atoms with van der Waals surface area (Å²) in [6.07, 6.45) is 0.812. The van der Waals surface area contributed by atoms with E-state index in [1.807, 2.05) is 4.90 Å². The molecule has 0 atom stereocenters. The van der Waals surface area contributed by atoms with Gasteiger partial charge in [-0.1, -0.05) is 0 Å². The Morgan fingerprint density at radius 1 is 0.944 bits per heavy atom. The lowest BCUT2D eigenvalue weighted by atomic mass is 10.0. The van der Waals surface area contributed by atoms with Crippen LogP contribution in [0.5, 0.6) is 0 Å². The van der Waals surface area contributed by atoms with Gasteiger partial charge in [-0.15, -0.1) is 0 Å². The average Bonchev–Trinajstić information content (AvgIpc) is 2.69. The number of nitrogens with one attached hydrogen (secondary N) is 2. The quantitative estimate of drug-likeness (QED) is 0.433. The highest BCUT2D eigenvalue weighted by atomic mass is 32.2. The first-order chi connectivity index (χ1) is 16.4. The number of benzene rings is 1. The molecule has 1 aromatic carbocycles. The van der Waals surface area contributed by atoms with Crippen LogP contribution in [-0.2, 0) is 24.0 Å². The molecular formula is C24H37N3O8S. The molecule has 2 rings (SSSR count). The van der Waals surface area contributed by atoms with Gasteiger partial charge in [0.25, 0.3) is 0 Å². The second-order valence-electron chi connectivity index (χ2n) is 10.7. The van der Waals surface area contributed by atoms with Crippen LogP contribution in [0.3, 0.4) is 0 Å². The van der Waals surface area contributed by atoms with Gasteiger partial charge < -0.3 is 24.4 Å².